The molecule has 1 fully saturated rings. The zero-order valence-corrected chi connectivity index (χ0v) is 14.3. The summed E-state index contributed by atoms with van der Waals surface area (Å²) in [5.41, 5.74) is 6.27. The molecule has 1 aromatic rings. The summed E-state index contributed by atoms with van der Waals surface area (Å²) in [4.78, 5) is 0. The Morgan fingerprint density at radius 3 is 2.70 bits per heavy atom. The highest BCUT2D eigenvalue weighted by atomic mass is 32.2. The van der Waals surface area contributed by atoms with E-state index >= 15 is 0 Å². The molecule has 1 aromatic carbocycles. The molecule has 130 valence electrons. The van der Waals surface area contributed by atoms with Crippen molar-refractivity contribution in [3.8, 4) is 5.75 Å². The van der Waals surface area contributed by atoms with Crippen molar-refractivity contribution in [2.75, 3.05) is 32.5 Å². The summed E-state index contributed by atoms with van der Waals surface area (Å²) >= 11 is 0. The van der Waals surface area contributed by atoms with E-state index in [1.54, 1.807) is 0 Å². The summed E-state index contributed by atoms with van der Waals surface area (Å²) in [6.45, 7) is 2.11. The Morgan fingerprint density at radius 2 is 2.09 bits per heavy atom. The number of hydrogen-bond acceptors (Lipinski definition) is 5. The van der Waals surface area contributed by atoms with Gasteiger partial charge in [0.15, 0.2) is 0 Å². The van der Waals surface area contributed by atoms with Gasteiger partial charge in [-0.2, -0.15) is 0 Å². The fraction of sp³-hybridized carbons (Fsp3) is 0.625. The van der Waals surface area contributed by atoms with E-state index in [-0.39, 0.29) is 0 Å². The van der Waals surface area contributed by atoms with Gasteiger partial charge in [0.05, 0.1) is 19.0 Å². The largest absolute Gasteiger partial charge is 0.493 e. The Hall–Kier alpha value is -1.15. The van der Waals surface area contributed by atoms with Crippen LogP contribution in [0.1, 0.15) is 30.9 Å². The van der Waals surface area contributed by atoms with Gasteiger partial charge in [-0.1, -0.05) is 12.1 Å². The van der Waals surface area contributed by atoms with Crippen LogP contribution in [0.2, 0.25) is 0 Å². The molecule has 0 aliphatic carbocycles. The zero-order chi connectivity index (χ0) is 16.9. The monoisotopic (exact) mass is 342 g/mol. The molecule has 0 aromatic heterocycles. The summed E-state index contributed by atoms with van der Waals surface area (Å²) in [5.74, 6) is 1.08. The maximum atomic E-state index is 11.5. The minimum Gasteiger partial charge on any atom is -0.493 e. The lowest BCUT2D eigenvalue weighted by Gasteiger charge is -2.30. The van der Waals surface area contributed by atoms with Crippen molar-refractivity contribution in [1.29, 1.82) is 0 Å². The van der Waals surface area contributed by atoms with Gasteiger partial charge in [0.1, 0.15) is 5.75 Å². The Morgan fingerprint density at radius 1 is 1.39 bits per heavy atom. The van der Waals surface area contributed by atoms with E-state index in [1.807, 2.05) is 24.3 Å². The van der Waals surface area contributed by atoms with Crippen molar-refractivity contribution in [3.05, 3.63) is 29.8 Å². The first kappa shape index (κ1) is 18.2. The fourth-order valence-corrected chi connectivity index (χ4v) is 3.63. The van der Waals surface area contributed by atoms with E-state index in [2.05, 4.69) is 0 Å². The van der Waals surface area contributed by atoms with Gasteiger partial charge in [0.2, 0.25) is 10.0 Å². The van der Waals surface area contributed by atoms with Crippen LogP contribution in [0.4, 0.5) is 0 Å². The number of nitrogens with zero attached hydrogens (tertiary/aromatic N) is 1. The average Bonchev–Trinajstić information content (AvgIpc) is 2.53. The smallest absolute Gasteiger partial charge is 0.211 e. The van der Waals surface area contributed by atoms with Gasteiger partial charge in [-0.05, 0) is 49.4 Å². The summed E-state index contributed by atoms with van der Waals surface area (Å²) in [6.07, 6.45) is 2.82. The minimum absolute atomic E-state index is 0.352. The van der Waals surface area contributed by atoms with Crippen molar-refractivity contribution < 1.29 is 18.3 Å². The van der Waals surface area contributed by atoms with Crippen molar-refractivity contribution in [1.82, 2.24) is 4.31 Å². The molecule has 1 atom stereocenters. The van der Waals surface area contributed by atoms with Gasteiger partial charge in [-0.15, -0.1) is 0 Å². The van der Waals surface area contributed by atoms with E-state index in [9.17, 15) is 13.5 Å². The average molecular weight is 342 g/mol. The normalized spacial score (nSPS) is 18.7. The fourth-order valence-electron chi connectivity index (χ4n) is 2.76. The van der Waals surface area contributed by atoms with Crippen molar-refractivity contribution in [2.45, 2.75) is 25.4 Å². The maximum absolute atomic E-state index is 11.5. The second kappa shape index (κ2) is 8.10. The van der Waals surface area contributed by atoms with Crippen LogP contribution in [0.5, 0.6) is 5.75 Å². The number of aliphatic hydroxyl groups is 1. The highest BCUT2D eigenvalue weighted by Gasteiger charge is 2.25. The molecule has 0 amide bonds. The molecule has 0 radical (unpaired) electrons. The molecule has 1 aliphatic heterocycles. The highest BCUT2D eigenvalue weighted by Crippen LogP contribution is 2.24. The van der Waals surface area contributed by atoms with Crippen LogP contribution in [0.25, 0.3) is 0 Å². The number of ether oxygens (including phenoxy) is 1. The summed E-state index contributed by atoms with van der Waals surface area (Å²) in [5, 5.41) is 9.97. The standard InChI is InChI=1S/C16H26N2O4S/c1-23(20,21)18-9-6-13(7-10-18)12-22-15-4-2-3-14(11-15)16(19)5-8-17/h2-4,11,13,16,19H,5-10,12,17H2,1H3/t16-/m1/s1. The number of piperidine rings is 1. The Balaban J connectivity index is 1.84. The molecule has 23 heavy (non-hydrogen) atoms. The number of nitrogens with two attached hydrogens (primary N) is 1. The zero-order valence-electron chi connectivity index (χ0n) is 13.5. The van der Waals surface area contributed by atoms with Crippen LogP contribution >= 0.6 is 0 Å². The molecule has 0 saturated carbocycles. The Labute approximate surface area is 138 Å². The van der Waals surface area contributed by atoms with Crippen molar-refractivity contribution in [2.24, 2.45) is 11.7 Å². The molecule has 1 aliphatic rings. The molecule has 6 nitrogen and oxygen atoms in total. The molecular weight excluding hydrogens is 316 g/mol. The third kappa shape index (κ3) is 5.46. The molecule has 0 bridgehead atoms. The first-order chi connectivity index (χ1) is 10.9. The first-order valence-electron chi connectivity index (χ1n) is 7.96. The Kier molecular flexibility index (Phi) is 6.41. The van der Waals surface area contributed by atoms with Crippen LogP contribution in [0.3, 0.4) is 0 Å². The lowest BCUT2D eigenvalue weighted by Crippen LogP contribution is -2.39. The third-order valence-electron chi connectivity index (χ3n) is 4.21. The van der Waals surface area contributed by atoms with Crippen LogP contribution in [0.15, 0.2) is 24.3 Å². The predicted octanol–water partition coefficient (Wildman–Crippen LogP) is 1.12. The van der Waals surface area contributed by atoms with E-state index in [1.165, 1.54) is 10.6 Å². The third-order valence-corrected chi connectivity index (χ3v) is 5.51. The van der Waals surface area contributed by atoms with Crippen LogP contribution < -0.4 is 10.5 Å². The maximum Gasteiger partial charge on any atom is 0.211 e. The molecule has 1 heterocycles. The van der Waals surface area contributed by atoms with Crippen molar-refractivity contribution >= 4 is 10.0 Å². The van der Waals surface area contributed by atoms with Gasteiger partial charge in [-0.3, -0.25) is 0 Å². The molecule has 0 unspecified atom stereocenters. The molecule has 3 N–H and O–H groups in total. The number of sulfonamides is 1. The van der Waals surface area contributed by atoms with Gasteiger partial charge in [-0.25, -0.2) is 12.7 Å². The predicted molar refractivity (Wildman–Crippen MR) is 89.7 cm³/mol. The molecule has 0 spiro atoms. The highest BCUT2D eigenvalue weighted by molar-refractivity contribution is 7.88. The molecule has 1 saturated heterocycles. The summed E-state index contributed by atoms with van der Waals surface area (Å²) in [6, 6.07) is 7.42. The van der Waals surface area contributed by atoms with Gasteiger partial charge in [0, 0.05) is 13.1 Å². The van der Waals surface area contributed by atoms with E-state index < -0.39 is 16.1 Å². The van der Waals surface area contributed by atoms with Crippen LogP contribution in [0, 0.1) is 5.92 Å². The number of benzene rings is 1. The lowest BCUT2D eigenvalue weighted by atomic mass is 9.99. The molecule has 7 heteroatoms. The minimum atomic E-state index is -3.08. The van der Waals surface area contributed by atoms with Crippen LogP contribution in [-0.2, 0) is 10.0 Å². The molecule has 2 rings (SSSR count). The second-order valence-corrected chi connectivity index (χ2v) is 8.06. The van der Waals surface area contributed by atoms with E-state index in [0.717, 1.165) is 24.2 Å². The van der Waals surface area contributed by atoms with Gasteiger partial charge in [0.25, 0.3) is 0 Å². The SMILES string of the molecule is CS(=O)(=O)N1CCC(COc2cccc([C@H](O)CCN)c2)CC1. The molecular formula is C16H26N2O4S. The summed E-state index contributed by atoms with van der Waals surface area (Å²) < 4.78 is 30.3. The quantitative estimate of drug-likeness (QED) is 0.774. The first-order valence-corrected chi connectivity index (χ1v) is 9.81. The second-order valence-electron chi connectivity index (χ2n) is 6.08. The number of rotatable bonds is 7. The summed E-state index contributed by atoms with van der Waals surface area (Å²) in [7, 11) is -3.08. The van der Waals surface area contributed by atoms with E-state index in [0.29, 0.717) is 38.6 Å². The lowest BCUT2D eigenvalue weighted by molar-refractivity contribution is 0.168. The van der Waals surface area contributed by atoms with Gasteiger partial charge < -0.3 is 15.6 Å². The number of hydrogen-bond donors (Lipinski definition) is 2. The number of aliphatic hydroxyl groups excluding tert-OH is 1. The Bertz CT molecular complexity index is 598. The van der Waals surface area contributed by atoms with E-state index in [4.69, 9.17) is 10.5 Å². The topological polar surface area (TPSA) is 92.9 Å². The van der Waals surface area contributed by atoms with Gasteiger partial charge >= 0.3 is 0 Å². The van der Waals surface area contributed by atoms with Crippen LogP contribution in [-0.4, -0.2) is 50.3 Å². The van der Waals surface area contributed by atoms with Crippen molar-refractivity contribution in [3.63, 3.8) is 0 Å².